The molecule has 0 amide bonds. The van der Waals surface area contributed by atoms with Gasteiger partial charge in [-0.2, -0.15) is 0 Å². The van der Waals surface area contributed by atoms with Crippen LogP contribution in [-0.2, 0) is 11.2 Å². The van der Waals surface area contributed by atoms with Crippen LogP contribution < -0.4 is 0 Å². The number of benzene rings is 2. The zero-order valence-corrected chi connectivity index (χ0v) is 12.2. The Kier molecular flexibility index (Phi) is 4.30. The number of allylic oxidation sites excluding steroid dienone is 1. The highest BCUT2D eigenvalue weighted by Crippen LogP contribution is 2.29. The lowest BCUT2D eigenvalue weighted by atomic mass is 9.80. The first-order valence-corrected chi connectivity index (χ1v) is 7.67. The van der Waals surface area contributed by atoms with Gasteiger partial charge in [0.15, 0.2) is 5.78 Å². The third kappa shape index (κ3) is 3.49. The van der Waals surface area contributed by atoms with Crippen molar-refractivity contribution in [1.82, 2.24) is 0 Å². The van der Waals surface area contributed by atoms with Crippen LogP contribution in [0.1, 0.15) is 30.4 Å². The lowest BCUT2D eigenvalue weighted by molar-refractivity contribution is -0.120. The Labute approximate surface area is 126 Å². The number of carbonyl (C=O) groups is 1. The van der Waals surface area contributed by atoms with Gasteiger partial charge in [-0.3, -0.25) is 4.79 Å². The van der Waals surface area contributed by atoms with E-state index >= 15 is 0 Å². The van der Waals surface area contributed by atoms with Gasteiger partial charge in [-0.25, -0.2) is 0 Å². The maximum atomic E-state index is 12.7. The van der Waals surface area contributed by atoms with E-state index in [0.717, 1.165) is 36.8 Å². The number of Topliss-reactive ketones (excluding diaryl/α,β-unsaturated/α-hetero) is 1. The topological polar surface area (TPSA) is 17.1 Å². The molecule has 21 heavy (non-hydrogen) atoms. The average Bonchev–Trinajstić information content (AvgIpc) is 2.53. The molecule has 0 N–H and O–H groups in total. The minimum atomic E-state index is 0.149. The molecule has 1 fully saturated rings. The van der Waals surface area contributed by atoms with Crippen LogP contribution in [0.4, 0.5) is 0 Å². The minimum absolute atomic E-state index is 0.149. The monoisotopic (exact) mass is 276 g/mol. The van der Waals surface area contributed by atoms with Gasteiger partial charge >= 0.3 is 0 Å². The Balaban J connectivity index is 1.76. The van der Waals surface area contributed by atoms with E-state index in [9.17, 15) is 4.79 Å². The van der Waals surface area contributed by atoms with Crippen molar-refractivity contribution in [2.45, 2.75) is 25.7 Å². The second kappa shape index (κ2) is 6.53. The van der Waals surface area contributed by atoms with Crippen LogP contribution in [0.2, 0.25) is 0 Å². The highest BCUT2D eigenvalue weighted by Gasteiger charge is 2.26. The largest absolute Gasteiger partial charge is 0.294 e. The average molecular weight is 276 g/mol. The molecule has 1 atom stereocenters. The Hall–Kier alpha value is -2.15. The molecule has 0 aromatic heterocycles. The lowest BCUT2D eigenvalue weighted by Gasteiger charge is -2.23. The number of hydrogen-bond donors (Lipinski definition) is 0. The molecular weight excluding hydrogens is 256 g/mol. The van der Waals surface area contributed by atoms with E-state index in [0.29, 0.717) is 5.78 Å². The van der Waals surface area contributed by atoms with E-state index in [1.165, 1.54) is 5.56 Å². The first-order chi connectivity index (χ1) is 10.3. The molecular formula is C20H20O. The zero-order valence-electron chi connectivity index (χ0n) is 12.2. The molecule has 2 aromatic carbocycles. The zero-order chi connectivity index (χ0) is 14.5. The van der Waals surface area contributed by atoms with Gasteiger partial charge in [-0.1, -0.05) is 60.7 Å². The van der Waals surface area contributed by atoms with Crippen molar-refractivity contribution in [1.29, 1.82) is 0 Å². The first kappa shape index (κ1) is 13.8. The van der Waals surface area contributed by atoms with Gasteiger partial charge in [0.05, 0.1) is 0 Å². The highest BCUT2D eigenvalue weighted by atomic mass is 16.1. The number of hydrogen-bond acceptors (Lipinski definition) is 1. The first-order valence-electron chi connectivity index (χ1n) is 7.67. The molecule has 2 aromatic rings. The van der Waals surface area contributed by atoms with Crippen LogP contribution in [0.3, 0.4) is 0 Å². The predicted octanol–water partition coefficient (Wildman–Crippen LogP) is 4.68. The Morgan fingerprint density at radius 3 is 2.33 bits per heavy atom. The Morgan fingerprint density at radius 2 is 1.62 bits per heavy atom. The predicted molar refractivity (Wildman–Crippen MR) is 86.9 cm³/mol. The summed E-state index contributed by atoms with van der Waals surface area (Å²) < 4.78 is 0. The SMILES string of the molecule is O=C1C(=Cc2ccccc2)CCCC1Cc1ccccc1. The summed E-state index contributed by atoms with van der Waals surface area (Å²) in [5, 5.41) is 0. The quantitative estimate of drug-likeness (QED) is 0.744. The van der Waals surface area contributed by atoms with Crippen LogP contribution in [0.5, 0.6) is 0 Å². The third-order valence-corrected chi connectivity index (χ3v) is 4.15. The van der Waals surface area contributed by atoms with Gasteiger partial charge in [0, 0.05) is 5.92 Å². The van der Waals surface area contributed by atoms with Crippen LogP contribution in [0.25, 0.3) is 6.08 Å². The summed E-state index contributed by atoms with van der Waals surface area (Å²) >= 11 is 0. The van der Waals surface area contributed by atoms with Crippen molar-refractivity contribution in [3.63, 3.8) is 0 Å². The fourth-order valence-corrected chi connectivity index (χ4v) is 3.04. The second-order valence-electron chi connectivity index (χ2n) is 5.72. The number of rotatable bonds is 3. The molecule has 1 saturated carbocycles. The second-order valence-corrected chi connectivity index (χ2v) is 5.72. The Morgan fingerprint density at radius 1 is 0.952 bits per heavy atom. The van der Waals surface area contributed by atoms with E-state index in [4.69, 9.17) is 0 Å². The maximum absolute atomic E-state index is 12.7. The van der Waals surface area contributed by atoms with Gasteiger partial charge < -0.3 is 0 Å². The summed E-state index contributed by atoms with van der Waals surface area (Å²) in [6.45, 7) is 0. The van der Waals surface area contributed by atoms with E-state index in [1.54, 1.807) is 0 Å². The molecule has 0 radical (unpaired) electrons. The molecule has 106 valence electrons. The minimum Gasteiger partial charge on any atom is -0.294 e. The number of ketones is 1. The van der Waals surface area contributed by atoms with E-state index in [1.807, 2.05) is 36.4 Å². The molecule has 0 aliphatic heterocycles. The standard InChI is InChI=1S/C20H20O/c21-20-18(14-16-8-3-1-4-9-16)12-7-13-19(20)15-17-10-5-2-6-11-17/h1-6,8-11,14,19H,7,12-13,15H2. The summed E-state index contributed by atoms with van der Waals surface area (Å²) in [6.07, 6.45) is 5.98. The van der Waals surface area contributed by atoms with Crippen LogP contribution >= 0.6 is 0 Å². The summed E-state index contributed by atoms with van der Waals surface area (Å²) in [7, 11) is 0. The summed E-state index contributed by atoms with van der Waals surface area (Å²) in [4.78, 5) is 12.7. The molecule has 0 saturated heterocycles. The van der Waals surface area contributed by atoms with Crippen molar-refractivity contribution in [2.75, 3.05) is 0 Å². The molecule has 1 aliphatic rings. The molecule has 1 nitrogen and oxygen atoms in total. The van der Waals surface area contributed by atoms with Crippen molar-refractivity contribution in [3.05, 3.63) is 77.4 Å². The molecule has 0 spiro atoms. The Bertz CT molecular complexity index is 625. The van der Waals surface area contributed by atoms with Crippen molar-refractivity contribution in [2.24, 2.45) is 5.92 Å². The van der Waals surface area contributed by atoms with Crippen molar-refractivity contribution < 1.29 is 4.79 Å². The van der Waals surface area contributed by atoms with Gasteiger partial charge in [-0.15, -0.1) is 0 Å². The maximum Gasteiger partial charge on any atom is 0.162 e. The molecule has 0 heterocycles. The molecule has 1 heteroatoms. The fourth-order valence-electron chi connectivity index (χ4n) is 3.04. The molecule has 0 bridgehead atoms. The van der Waals surface area contributed by atoms with E-state index in [2.05, 4.69) is 30.3 Å². The number of carbonyl (C=O) groups excluding carboxylic acids is 1. The fraction of sp³-hybridized carbons (Fsp3) is 0.250. The van der Waals surface area contributed by atoms with Crippen LogP contribution in [-0.4, -0.2) is 5.78 Å². The third-order valence-electron chi connectivity index (χ3n) is 4.15. The summed E-state index contributed by atoms with van der Waals surface area (Å²) in [5.41, 5.74) is 3.38. The van der Waals surface area contributed by atoms with E-state index < -0.39 is 0 Å². The summed E-state index contributed by atoms with van der Waals surface area (Å²) in [5.74, 6) is 0.491. The molecule has 3 rings (SSSR count). The van der Waals surface area contributed by atoms with Crippen LogP contribution in [0.15, 0.2) is 66.2 Å². The highest BCUT2D eigenvalue weighted by molar-refractivity contribution is 6.01. The van der Waals surface area contributed by atoms with Gasteiger partial charge in [0.1, 0.15) is 0 Å². The molecule has 1 aliphatic carbocycles. The summed E-state index contributed by atoms with van der Waals surface area (Å²) in [6, 6.07) is 20.5. The molecule has 1 unspecified atom stereocenters. The van der Waals surface area contributed by atoms with Crippen LogP contribution in [0, 0.1) is 5.92 Å². The van der Waals surface area contributed by atoms with E-state index in [-0.39, 0.29) is 5.92 Å². The van der Waals surface area contributed by atoms with Crippen molar-refractivity contribution in [3.8, 4) is 0 Å². The van der Waals surface area contributed by atoms with Gasteiger partial charge in [0.2, 0.25) is 0 Å². The van der Waals surface area contributed by atoms with Gasteiger partial charge in [0.25, 0.3) is 0 Å². The smallest absolute Gasteiger partial charge is 0.162 e. The lowest BCUT2D eigenvalue weighted by Crippen LogP contribution is -2.23. The van der Waals surface area contributed by atoms with Crippen molar-refractivity contribution >= 4 is 11.9 Å². The normalized spacial score (nSPS) is 20.7. The van der Waals surface area contributed by atoms with Gasteiger partial charge in [-0.05, 0) is 48.5 Å².